The smallest absolute Gasteiger partial charge is 0.303 e. The Morgan fingerprint density at radius 1 is 0.885 bits per heavy atom. The predicted octanol–water partition coefficient (Wildman–Crippen LogP) is 1.98. The van der Waals surface area contributed by atoms with E-state index >= 15 is 0 Å². The summed E-state index contributed by atoms with van der Waals surface area (Å²) in [7, 11) is 0. The second kappa shape index (κ2) is 11.1. The van der Waals surface area contributed by atoms with Crippen molar-refractivity contribution in [2.75, 3.05) is 13.2 Å². The van der Waals surface area contributed by atoms with Crippen LogP contribution in [0.25, 0.3) is 0 Å². The molecule has 8 heteroatoms. The first-order valence-electron chi connectivity index (χ1n) is 9.01. The van der Waals surface area contributed by atoms with E-state index in [1.807, 2.05) is 13.8 Å². The largest absolute Gasteiger partial charge is 0.466 e. The Morgan fingerprint density at radius 3 is 2.00 bits per heavy atom. The SMILES string of the molecule is CCC1OC(OCCCCOC(C)=O)C(C)C(OC(C)=O)C1OC(C)=O. The minimum absolute atomic E-state index is 0.304. The molecule has 0 spiro atoms. The molecule has 26 heavy (non-hydrogen) atoms. The first-order valence-corrected chi connectivity index (χ1v) is 9.01. The number of ether oxygens (including phenoxy) is 5. The third-order valence-electron chi connectivity index (χ3n) is 4.08. The molecular formula is C18H30O8. The summed E-state index contributed by atoms with van der Waals surface area (Å²) in [5.41, 5.74) is 0. The Hall–Kier alpha value is -1.67. The van der Waals surface area contributed by atoms with Gasteiger partial charge in [0.15, 0.2) is 12.4 Å². The van der Waals surface area contributed by atoms with Crippen LogP contribution in [0.2, 0.25) is 0 Å². The van der Waals surface area contributed by atoms with Gasteiger partial charge >= 0.3 is 17.9 Å². The maximum atomic E-state index is 11.5. The first-order chi connectivity index (χ1) is 12.3. The van der Waals surface area contributed by atoms with Gasteiger partial charge in [-0.25, -0.2) is 0 Å². The fourth-order valence-electron chi connectivity index (χ4n) is 2.88. The summed E-state index contributed by atoms with van der Waals surface area (Å²) in [4.78, 5) is 33.6. The summed E-state index contributed by atoms with van der Waals surface area (Å²) in [6, 6.07) is 0. The first kappa shape index (κ1) is 22.4. The van der Waals surface area contributed by atoms with Gasteiger partial charge in [-0.2, -0.15) is 0 Å². The molecule has 1 saturated heterocycles. The van der Waals surface area contributed by atoms with Crippen LogP contribution < -0.4 is 0 Å². The lowest BCUT2D eigenvalue weighted by Crippen LogP contribution is -2.57. The molecule has 0 saturated carbocycles. The van der Waals surface area contributed by atoms with E-state index in [-0.39, 0.29) is 11.9 Å². The summed E-state index contributed by atoms with van der Waals surface area (Å²) >= 11 is 0. The molecule has 8 nitrogen and oxygen atoms in total. The van der Waals surface area contributed by atoms with Crippen LogP contribution in [0.3, 0.4) is 0 Å². The van der Waals surface area contributed by atoms with Crippen molar-refractivity contribution < 1.29 is 38.1 Å². The Kier molecular flexibility index (Phi) is 9.58. The maximum Gasteiger partial charge on any atom is 0.303 e. The molecule has 1 aliphatic rings. The Bertz CT molecular complexity index is 478. The van der Waals surface area contributed by atoms with E-state index in [9.17, 15) is 14.4 Å². The van der Waals surface area contributed by atoms with Gasteiger partial charge in [0.05, 0.1) is 6.61 Å². The van der Waals surface area contributed by atoms with Gasteiger partial charge in [0.25, 0.3) is 0 Å². The average Bonchev–Trinajstić information content (AvgIpc) is 2.54. The van der Waals surface area contributed by atoms with Crippen LogP contribution in [0, 0.1) is 5.92 Å². The molecule has 1 rings (SSSR count). The van der Waals surface area contributed by atoms with E-state index < -0.39 is 36.5 Å². The second-order valence-electron chi connectivity index (χ2n) is 6.38. The highest BCUT2D eigenvalue weighted by molar-refractivity contribution is 5.67. The number of unbranched alkanes of at least 4 members (excludes halogenated alkanes) is 1. The lowest BCUT2D eigenvalue weighted by Gasteiger charge is -2.44. The van der Waals surface area contributed by atoms with Crippen molar-refractivity contribution in [1.29, 1.82) is 0 Å². The van der Waals surface area contributed by atoms with Crippen LogP contribution in [-0.2, 0) is 38.1 Å². The van der Waals surface area contributed by atoms with E-state index in [0.29, 0.717) is 32.5 Å². The Balaban J connectivity index is 2.65. The molecule has 1 heterocycles. The molecule has 0 aromatic rings. The zero-order valence-electron chi connectivity index (χ0n) is 16.2. The summed E-state index contributed by atoms with van der Waals surface area (Å²) in [6.07, 6.45) is -0.352. The number of rotatable bonds is 9. The number of hydrogen-bond acceptors (Lipinski definition) is 8. The van der Waals surface area contributed by atoms with Crippen molar-refractivity contribution >= 4 is 17.9 Å². The molecule has 0 amide bonds. The van der Waals surface area contributed by atoms with E-state index in [2.05, 4.69) is 0 Å². The van der Waals surface area contributed by atoms with Crippen LogP contribution in [0.4, 0.5) is 0 Å². The van der Waals surface area contributed by atoms with Gasteiger partial charge in [-0.1, -0.05) is 13.8 Å². The number of esters is 3. The molecule has 5 atom stereocenters. The summed E-state index contributed by atoms with van der Waals surface area (Å²) in [5.74, 6) is -1.51. The summed E-state index contributed by atoms with van der Waals surface area (Å²) in [6.45, 7) is 8.50. The van der Waals surface area contributed by atoms with Crippen molar-refractivity contribution in [3.05, 3.63) is 0 Å². The summed E-state index contributed by atoms with van der Waals surface area (Å²) in [5, 5.41) is 0. The van der Waals surface area contributed by atoms with Crippen LogP contribution >= 0.6 is 0 Å². The van der Waals surface area contributed by atoms with E-state index in [1.54, 1.807) is 0 Å². The molecule has 0 aromatic carbocycles. The number of carbonyl (C=O) groups is 3. The summed E-state index contributed by atoms with van der Waals surface area (Å²) < 4.78 is 27.4. The Morgan fingerprint density at radius 2 is 1.46 bits per heavy atom. The van der Waals surface area contributed by atoms with Crippen LogP contribution in [0.1, 0.15) is 53.9 Å². The minimum Gasteiger partial charge on any atom is -0.466 e. The van der Waals surface area contributed by atoms with Gasteiger partial charge < -0.3 is 23.7 Å². The topological polar surface area (TPSA) is 97.4 Å². The fraction of sp³-hybridized carbons (Fsp3) is 0.833. The number of hydrogen-bond donors (Lipinski definition) is 0. The molecular weight excluding hydrogens is 344 g/mol. The highest BCUT2D eigenvalue weighted by atomic mass is 16.7. The van der Waals surface area contributed by atoms with Crippen LogP contribution in [0.15, 0.2) is 0 Å². The predicted molar refractivity (Wildman–Crippen MR) is 91.0 cm³/mol. The van der Waals surface area contributed by atoms with Crippen molar-refractivity contribution in [3.8, 4) is 0 Å². The highest BCUT2D eigenvalue weighted by Gasteiger charge is 2.47. The molecule has 0 bridgehead atoms. The van der Waals surface area contributed by atoms with E-state index in [1.165, 1.54) is 20.8 Å². The molecule has 5 unspecified atom stereocenters. The quantitative estimate of drug-likeness (QED) is 0.343. The van der Waals surface area contributed by atoms with Crippen molar-refractivity contribution in [1.82, 2.24) is 0 Å². The normalized spacial score (nSPS) is 28.3. The van der Waals surface area contributed by atoms with Gasteiger partial charge in [-0.3, -0.25) is 14.4 Å². The molecule has 0 aromatic heterocycles. The third kappa shape index (κ3) is 7.29. The standard InChI is InChI=1S/C18H30O8/c1-6-15-17(25-14(5)21)16(24-13(4)20)11(2)18(26-15)23-10-8-7-9-22-12(3)19/h11,15-18H,6-10H2,1-5H3. The van der Waals surface area contributed by atoms with Gasteiger partial charge in [0.2, 0.25) is 0 Å². The monoisotopic (exact) mass is 374 g/mol. The number of carbonyl (C=O) groups excluding carboxylic acids is 3. The molecule has 150 valence electrons. The van der Waals surface area contributed by atoms with Crippen molar-refractivity contribution in [2.24, 2.45) is 5.92 Å². The van der Waals surface area contributed by atoms with Gasteiger partial charge in [-0.05, 0) is 19.3 Å². The van der Waals surface area contributed by atoms with Crippen molar-refractivity contribution in [3.63, 3.8) is 0 Å². The van der Waals surface area contributed by atoms with E-state index in [4.69, 9.17) is 23.7 Å². The molecule has 1 aliphatic heterocycles. The zero-order chi connectivity index (χ0) is 19.7. The molecule has 0 radical (unpaired) electrons. The molecule has 0 aliphatic carbocycles. The maximum absolute atomic E-state index is 11.5. The highest BCUT2D eigenvalue weighted by Crippen LogP contribution is 2.32. The van der Waals surface area contributed by atoms with Gasteiger partial charge in [0, 0.05) is 33.3 Å². The Labute approximate surface area is 154 Å². The van der Waals surface area contributed by atoms with Crippen LogP contribution in [0.5, 0.6) is 0 Å². The molecule has 0 N–H and O–H groups in total. The van der Waals surface area contributed by atoms with Crippen LogP contribution in [-0.4, -0.2) is 55.7 Å². The van der Waals surface area contributed by atoms with Crippen molar-refractivity contribution in [2.45, 2.75) is 78.5 Å². The second-order valence-corrected chi connectivity index (χ2v) is 6.38. The lowest BCUT2D eigenvalue weighted by atomic mass is 9.90. The fourth-order valence-corrected chi connectivity index (χ4v) is 2.88. The molecule has 1 fully saturated rings. The zero-order valence-corrected chi connectivity index (χ0v) is 16.2. The third-order valence-corrected chi connectivity index (χ3v) is 4.08. The van der Waals surface area contributed by atoms with Gasteiger partial charge in [0.1, 0.15) is 12.2 Å². The minimum atomic E-state index is -0.666. The lowest BCUT2D eigenvalue weighted by molar-refractivity contribution is -0.283. The average molecular weight is 374 g/mol. The van der Waals surface area contributed by atoms with E-state index in [0.717, 1.165) is 0 Å². The van der Waals surface area contributed by atoms with Gasteiger partial charge in [-0.15, -0.1) is 0 Å².